The molecular formula is C38H42BrN7O7S2. The molecule has 0 aliphatic carbocycles. The summed E-state index contributed by atoms with van der Waals surface area (Å²) in [5.41, 5.74) is 1.40. The highest BCUT2D eigenvalue weighted by molar-refractivity contribution is 9.10. The molecule has 1 amide bonds. The molecular weight excluding hydrogens is 810 g/mol. The fourth-order valence-electron chi connectivity index (χ4n) is 6.08. The van der Waals surface area contributed by atoms with Crippen LogP contribution in [0.3, 0.4) is 0 Å². The molecule has 17 heteroatoms. The van der Waals surface area contributed by atoms with Gasteiger partial charge in [-0.25, -0.2) is 26.4 Å². The van der Waals surface area contributed by atoms with Gasteiger partial charge < -0.3 is 14.4 Å². The third-order valence-corrected chi connectivity index (χ3v) is 12.9. The summed E-state index contributed by atoms with van der Waals surface area (Å²) < 4.78 is 74.4. The Morgan fingerprint density at radius 3 is 2.09 bits per heavy atom. The first kappa shape index (κ1) is 40.0. The number of aromatic nitrogens is 4. The minimum absolute atomic E-state index is 0.0367. The zero-order valence-electron chi connectivity index (χ0n) is 30.8. The zero-order valence-corrected chi connectivity index (χ0v) is 34.0. The van der Waals surface area contributed by atoms with Gasteiger partial charge in [-0.05, 0) is 89.3 Å². The highest BCUT2D eigenvalue weighted by Gasteiger charge is 2.39. The lowest BCUT2D eigenvalue weighted by Gasteiger charge is -2.26. The molecule has 2 heterocycles. The number of ether oxygens (including phenoxy) is 2. The monoisotopic (exact) mass is 851 g/mol. The molecule has 4 aromatic carbocycles. The number of hydrogen-bond acceptors (Lipinski definition) is 10. The third kappa shape index (κ3) is 9.77. The average Bonchev–Trinajstić information content (AvgIpc) is 3.81. The van der Waals surface area contributed by atoms with Crippen LogP contribution in [-0.4, -0.2) is 84.2 Å². The van der Waals surface area contributed by atoms with Crippen molar-refractivity contribution in [3.8, 4) is 17.1 Å². The van der Waals surface area contributed by atoms with Crippen molar-refractivity contribution in [2.24, 2.45) is 0 Å². The van der Waals surface area contributed by atoms with Crippen molar-refractivity contribution in [3.05, 3.63) is 118 Å². The summed E-state index contributed by atoms with van der Waals surface area (Å²) in [4.78, 5) is 14.5. The number of nitrogens with zero attached hydrogens (tertiary/aromatic N) is 6. The average molecular weight is 853 g/mol. The van der Waals surface area contributed by atoms with E-state index in [0.717, 1.165) is 5.56 Å². The molecule has 1 aliphatic heterocycles. The zero-order chi connectivity index (χ0) is 39.4. The lowest BCUT2D eigenvalue weighted by atomic mass is 10.2. The Bertz CT molecular complexity index is 2300. The molecule has 1 atom stereocenters. The lowest BCUT2D eigenvalue weighted by molar-refractivity contribution is 0.0292. The molecule has 5 aromatic rings. The predicted octanol–water partition coefficient (Wildman–Crippen LogP) is 5.84. The van der Waals surface area contributed by atoms with Gasteiger partial charge in [0.1, 0.15) is 21.1 Å². The topological polar surface area (TPSA) is 166 Å². The summed E-state index contributed by atoms with van der Waals surface area (Å²) in [6, 6.07) is 27.3. The Hall–Kier alpha value is -4.68. The number of benzene rings is 4. The first-order valence-corrected chi connectivity index (χ1v) is 21.2. The molecule has 0 bridgehead atoms. The quantitative estimate of drug-likeness (QED) is 0.152. The van der Waals surface area contributed by atoms with E-state index < -0.39 is 47.6 Å². The van der Waals surface area contributed by atoms with E-state index in [1.807, 2.05) is 24.3 Å². The predicted molar refractivity (Wildman–Crippen MR) is 209 cm³/mol. The van der Waals surface area contributed by atoms with Gasteiger partial charge in [0.15, 0.2) is 0 Å². The highest BCUT2D eigenvalue weighted by atomic mass is 79.9. The van der Waals surface area contributed by atoms with E-state index in [9.17, 15) is 13.2 Å². The Morgan fingerprint density at radius 1 is 0.891 bits per heavy atom. The maximum atomic E-state index is 15.3. The number of sulfonamides is 2. The van der Waals surface area contributed by atoms with Crippen LogP contribution in [-0.2, 0) is 44.4 Å². The first-order valence-electron chi connectivity index (χ1n) is 17.4. The van der Waals surface area contributed by atoms with E-state index in [2.05, 4.69) is 36.1 Å². The van der Waals surface area contributed by atoms with Crippen LogP contribution in [0.25, 0.3) is 11.4 Å². The number of methoxy groups -OCH3 is 1. The Morgan fingerprint density at radius 2 is 1.51 bits per heavy atom. The van der Waals surface area contributed by atoms with Crippen molar-refractivity contribution < 1.29 is 31.1 Å². The molecule has 1 N–H and O–H groups in total. The van der Waals surface area contributed by atoms with Gasteiger partial charge in [0.25, 0.3) is 0 Å². The van der Waals surface area contributed by atoms with E-state index in [1.54, 1.807) is 88.5 Å². The molecule has 1 saturated heterocycles. The third-order valence-electron chi connectivity index (χ3n) is 8.68. The van der Waals surface area contributed by atoms with Crippen LogP contribution in [0.15, 0.2) is 111 Å². The largest absolute Gasteiger partial charge is 0.497 e. The fraction of sp³-hybridized carbons (Fsp3) is 0.316. The molecule has 0 spiro atoms. The molecule has 0 saturated carbocycles. The molecule has 0 radical (unpaired) electrons. The van der Waals surface area contributed by atoms with Gasteiger partial charge in [-0.15, -0.1) is 10.2 Å². The van der Waals surface area contributed by atoms with Crippen LogP contribution < -0.4 is 9.46 Å². The second-order valence-electron chi connectivity index (χ2n) is 14.0. The summed E-state index contributed by atoms with van der Waals surface area (Å²) in [7, 11) is -7.68. The number of amides is 1. The Labute approximate surface area is 329 Å². The van der Waals surface area contributed by atoms with Crippen molar-refractivity contribution in [2.45, 2.75) is 68.3 Å². The number of carbonyl (C=O) groups excluding carboxylic acids is 1. The smallest absolute Gasteiger partial charge is 0.410 e. The molecule has 14 nitrogen and oxygen atoms in total. The number of tetrazole rings is 1. The second kappa shape index (κ2) is 16.6. The van der Waals surface area contributed by atoms with Gasteiger partial charge in [-0.1, -0.05) is 72.8 Å². The van der Waals surface area contributed by atoms with Crippen LogP contribution in [0.2, 0.25) is 0 Å². The Balaban J connectivity index is 1.45. The van der Waals surface area contributed by atoms with Gasteiger partial charge in [0.05, 0.1) is 19.2 Å². The number of hydrogen-bond donors (Lipinski definition) is 1. The van der Waals surface area contributed by atoms with E-state index in [0.29, 0.717) is 23.3 Å². The summed E-state index contributed by atoms with van der Waals surface area (Å²) in [6.45, 7) is 5.60. The summed E-state index contributed by atoms with van der Waals surface area (Å²) in [5.74, 6) is 0.569. The van der Waals surface area contributed by atoms with Crippen LogP contribution >= 0.6 is 15.9 Å². The molecule has 1 aromatic heterocycles. The van der Waals surface area contributed by atoms with Gasteiger partial charge in [0.2, 0.25) is 25.9 Å². The van der Waals surface area contributed by atoms with E-state index in [4.69, 9.17) is 9.47 Å². The van der Waals surface area contributed by atoms with Crippen molar-refractivity contribution in [1.82, 2.24) is 34.1 Å². The molecule has 55 heavy (non-hydrogen) atoms. The molecule has 1 aliphatic rings. The second-order valence-corrected chi connectivity index (χ2v) is 18.4. The van der Waals surface area contributed by atoms with E-state index >= 15 is 8.42 Å². The normalized spacial score (nSPS) is 15.0. The van der Waals surface area contributed by atoms with Crippen molar-refractivity contribution in [2.75, 3.05) is 20.2 Å². The standard InChI is InChI=1S/C38H42BrN7O7S2/c1-38(2,3)53-37(47)44-22-21-30(26-44)42-54(48,49)33-20-19-32(39)34(36-40-43-46(41-36)25-29-15-17-31(52-4)18-16-29)35(33)55(50,51)45(23-27-11-7-5-8-12-27)24-28-13-9-6-10-14-28/h5-20,30,42H,21-26H2,1-4H3. The molecule has 1 fully saturated rings. The maximum absolute atomic E-state index is 15.3. The van der Waals surface area contributed by atoms with Gasteiger partial charge >= 0.3 is 6.09 Å². The van der Waals surface area contributed by atoms with Gasteiger partial charge in [0, 0.05) is 36.7 Å². The van der Waals surface area contributed by atoms with Gasteiger partial charge in [-0.3, -0.25) is 0 Å². The van der Waals surface area contributed by atoms with Gasteiger partial charge in [-0.2, -0.15) is 9.10 Å². The van der Waals surface area contributed by atoms with E-state index in [-0.39, 0.29) is 48.6 Å². The van der Waals surface area contributed by atoms with Crippen LogP contribution in [0.5, 0.6) is 5.75 Å². The highest BCUT2D eigenvalue weighted by Crippen LogP contribution is 2.39. The lowest BCUT2D eigenvalue weighted by Crippen LogP contribution is -2.41. The summed E-state index contributed by atoms with van der Waals surface area (Å²) in [6.07, 6.45) is -0.274. The summed E-state index contributed by atoms with van der Waals surface area (Å²) >= 11 is 3.50. The van der Waals surface area contributed by atoms with Crippen molar-refractivity contribution >= 4 is 42.1 Å². The first-order chi connectivity index (χ1) is 26.1. The van der Waals surface area contributed by atoms with Crippen LogP contribution in [0.1, 0.15) is 43.9 Å². The number of halogens is 1. The minimum atomic E-state index is -4.68. The maximum Gasteiger partial charge on any atom is 0.410 e. The number of carbonyl (C=O) groups is 1. The molecule has 6 rings (SSSR count). The summed E-state index contributed by atoms with van der Waals surface area (Å²) in [5, 5.41) is 13.0. The number of likely N-dealkylation sites (tertiary alicyclic amines) is 1. The molecule has 290 valence electrons. The number of nitrogens with one attached hydrogen (secondary N) is 1. The van der Waals surface area contributed by atoms with Crippen LogP contribution in [0.4, 0.5) is 4.79 Å². The number of rotatable bonds is 13. The van der Waals surface area contributed by atoms with Crippen molar-refractivity contribution in [3.63, 3.8) is 0 Å². The van der Waals surface area contributed by atoms with Crippen molar-refractivity contribution in [1.29, 1.82) is 0 Å². The molecule has 1 unspecified atom stereocenters. The SMILES string of the molecule is COc1ccc(Cn2nnc(-c3c(Br)ccc(S(=O)(=O)NC4CCN(C(=O)OC(C)(C)C)C4)c3S(=O)(=O)N(Cc3ccccc3)Cc3ccccc3)n2)cc1. The van der Waals surface area contributed by atoms with E-state index in [1.165, 1.54) is 26.1 Å². The Kier molecular flexibility index (Phi) is 12.1. The van der Waals surface area contributed by atoms with Crippen LogP contribution in [0, 0.1) is 0 Å². The fourth-order valence-corrected chi connectivity index (χ4v) is 10.4. The minimum Gasteiger partial charge on any atom is -0.497 e.